The fourth-order valence-corrected chi connectivity index (χ4v) is 2.64. The third-order valence-electron chi connectivity index (χ3n) is 3.59. The molecule has 0 amide bonds. The van der Waals surface area contributed by atoms with Crippen molar-refractivity contribution >= 4 is 22.6 Å². The summed E-state index contributed by atoms with van der Waals surface area (Å²) < 4.78 is 7.07. The second-order valence-corrected chi connectivity index (χ2v) is 5.11. The van der Waals surface area contributed by atoms with Gasteiger partial charge >= 0.3 is 5.97 Å². The van der Waals surface area contributed by atoms with Gasteiger partial charge in [-0.2, -0.15) is 0 Å². The molecule has 1 heterocycles. The standard InChI is InChI=1S/C18H18N2O2/c1-2-22-18(21)12-20-16-9-8-15(19)10-14(16)11-17(20)13-6-4-3-5-7-13/h3-11H,2,12,19H2,1H3. The largest absolute Gasteiger partial charge is 0.465 e. The molecule has 0 saturated heterocycles. The minimum absolute atomic E-state index is 0.186. The molecule has 0 aliphatic rings. The normalized spacial score (nSPS) is 10.8. The van der Waals surface area contributed by atoms with Gasteiger partial charge in [-0.05, 0) is 36.8 Å². The molecule has 0 radical (unpaired) electrons. The Morgan fingerprint density at radius 3 is 2.64 bits per heavy atom. The number of ether oxygens (including phenoxy) is 1. The zero-order valence-corrected chi connectivity index (χ0v) is 12.5. The number of nitrogens with zero attached hydrogens (tertiary/aromatic N) is 1. The van der Waals surface area contributed by atoms with Crippen molar-refractivity contribution in [2.45, 2.75) is 13.5 Å². The number of carbonyl (C=O) groups excluding carboxylic acids is 1. The molecule has 3 aromatic rings. The first-order valence-electron chi connectivity index (χ1n) is 7.29. The number of fused-ring (bicyclic) bond motifs is 1. The minimum atomic E-state index is -0.242. The summed E-state index contributed by atoms with van der Waals surface area (Å²) in [4.78, 5) is 11.9. The van der Waals surface area contributed by atoms with Crippen LogP contribution in [-0.4, -0.2) is 17.1 Å². The number of aromatic nitrogens is 1. The fourth-order valence-electron chi connectivity index (χ4n) is 2.64. The molecule has 0 aliphatic carbocycles. The lowest BCUT2D eigenvalue weighted by Gasteiger charge is -2.10. The minimum Gasteiger partial charge on any atom is -0.465 e. The lowest BCUT2D eigenvalue weighted by atomic mass is 10.1. The van der Waals surface area contributed by atoms with E-state index in [2.05, 4.69) is 6.07 Å². The Morgan fingerprint density at radius 2 is 1.91 bits per heavy atom. The molecule has 1 aromatic heterocycles. The number of nitrogens with two attached hydrogens (primary N) is 1. The van der Waals surface area contributed by atoms with E-state index >= 15 is 0 Å². The van der Waals surface area contributed by atoms with Crippen molar-refractivity contribution in [1.82, 2.24) is 4.57 Å². The Kier molecular flexibility index (Phi) is 3.83. The molecule has 2 aromatic carbocycles. The monoisotopic (exact) mass is 294 g/mol. The Morgan fingerprint density at radius 1 is 1.14 bits per heavy atom. The maximum atomic E-state index is 11.9. The van der Waals surface area contributed by atoms with Crippen LogP contribution in [0.1, 0.15) is 6.92 Å². The molecule has 22 heavy (non-hydrogen) atoms. The van der Waals surface area contributed by atoms with Crippen molar-refractivity contribution < 1.29 is 9.53 Å². The van der Waals surface area contributed by atoms with Crippen LogP contribution in [0.15, 0.2) is 54.6 Å². The van der Waals surface area contributed by atoms with Gasteiger partial charge in [-0.3, -0.25) is 4.79 Å². The first-order chi connectivity index (χ1) is 10.7. The molecule has 112 valence electrons. The highest BCUT2D eigenvalue weighted by Crippen LogP contribution is 2.29. The highest BCUT2D eigenvalue weighted by Gasteiger charge is 2.14. The second kappa shape index (κ2) is 5.93. The highest BCUT2D eigenvalue weighted by atomic mass is 16.5. The lowest BCUT2D eigenvalue weighted by Crippen LogP contribution is -2.14. The number of hydrogen-bond donors (Lipinski definition) is 1. The number of carbonyl (C=O) groups is 1. The molecule has 4 nitrogen and oxygen atoms in total. The van der Waals surface area contributed by atoms with Crippen molar-refractivity contribution in [2.75, 3.05) is 12.3 Å². The topological polar surface area (TPSA) is 57.2 Å². The summed E-state index contributed by atoms with van der Waals surface area (Å²) in [6.07, 6.45) is 0. The van der Waals surface area contributed by atoms with Crippen molar-refractivity contribution in [3.05, 3.63) is 54.6 Å². The SMILES string of the molecule is CCOC(=O)Cn1c(-c2ccccc2)cc2cc(N)ccc21. The number of nitrogen functional groups attached to an aromatic ring is 1. The summed E-state index contributed by atoms with van der Waals surface area (Å²) >= 11 is 0. The van der Waals surface area contributed by atoms with Crippen molar-refractivity contribution in [2.24, 2.45) is 0 Å². The maximum absolute atomic E-state index is 11.9. The van der Waals surface area contributed by atoms with Crippen LogP contribution in [0.5, 0.6) is 0 Å². The van der Waals surface area contributed by atoms with Gasteiger partial charge in [0.25, 0.3) is 0 Å². The number of benzene rings is 2. The Bertz CT molecular complexity index is 807. The van der Waals surface area contributed by atoms with E-state index in [1.54, 1.807) is 0 Å². The zero-order chi connectivity index (χ0) is 15.5. The molecule has 0 unspecified atom stereocenters. The van der Waals surface area contributed by atoms with E-state index in [1.165, 1.54) is 0 Å². The van der Waals surface area contributed by atoms with Crippen molar-refractivity contribution in [1.29, 1.82) is 0 Å². The van der Waals surface area contributed by atoms with Crippen LogP contribution >= 0.6 is 0 Å². The molecular weight excluding hydrogens is 276 g/mol. The van der Waals surface area contributed by atoms with Crippen LogP contribution in [0.4, 0.5) is 5.69 Å². The van der Waals surface area contributed by atoms with Crippen LogP contribution in [0.2, 0.25) is 0 Å². The average molecular weight is 294 g/mol. The van der Waals surface area contributed by atoms with Gasteiger partial charge in [-0.1, -0.05) is 30.3 Å². The molecule has 4 heteroatoms. The lowest BCUT2D eigenvalue weighted by molar-refractivity contribution is -0.143. The number of esters is 1. The van der Waals surface area contributed by atoms with Crippen molar-refractivity contribution in [3.8, 4) is 11.3 Å². The molecule has 0 bridgehead atoms. The van der Waals surface area contributed by atoms with E-state index in [0.29, 0.717) is 12.3 Å². The van der Waals surface area contributed by atoms with Crippen LogP contribution in [0.3, 0.4) is 0 Å². The van der Waals surface area contributed by atoms with Crippen LogP contribution in [0.25, 0.3) is 22.2 Å². The van der Waals surface area contributed by atoms with Gasteiger partial charge in [0, 0.05) is 22.3 Å². The molecule has 0 saturated carbocycles. The maximum Gasteiger partial charge on any atom is 0.325 e. The predicted octanol–water partition coefficient (Wildman–Crippen LogP) is 3.45. The van der Waals surface area contributed by atoms with E-state index in [0.717, 1.165) is 22.2 Å². The van der Waals surface area contributed by atoms with E-state index in [9.17, 15) is 4.79 Å². The zero-order valence-electron chi connectivity index (χ0n) is 12.5. The summed E-state index contributed by atoms with van der Waals surface area (Å²) in [6, 6.07) is 17.8. The van der Waals surface area contributed by atoms with Crippen LogP contribution in [-0.2, 0) is 16.1 Å². The smallest absolute Gasteiger partial charge is 0.325 e. The highest BCUT2D eigenvalue weighted by molar-refractivity contribution is 5.90. The fraction of sp³-hybridized carbons (Fsp3) is 0.167. The Labute approximate surface area is 129 Å². The van der Waals surface area contributed by atoms with Gasteiger partial charge in [0.2, 0.25) is 0 Å². The Balaban J connectivity index is 2.15. The van der Waals surface area contributed by atoms with Gasteiger partial charge in [0.15, 0.2) is 0 Å². The van der Waals surface area contributed by atoms with Crippen molar-refractivity contribution in [3.63, 3.8) is 0 Å². The van der Waals surface area contributed by atoms with Crippen LogP contribution < -0.4 is 5.73 Å². The molecule has 3 rings (SSSR count). The van der Waals surface area contributed by atoms with Crippen LogP contribution in [0, 0.1) is 0 Å². The van der Waals surface area contributed by atoms with Gasteiger partial charge in [0.05, 0.1) is 6.61 Å². The van der Waals surface area contributed by atoms with E-state index in [4.69, 9.17) is 10.5 Å². The summed E-state index contributed by atoms with van der Waals surface area (Å²) in [5, 5.41) is 1.02. The number of hydrogen-bond acceptors (Lipinski definition) is 3. The number of anilines is 1. The third-order valence-corrected chi connectivity index (χ3v) is 3.59. The molecule has 2 N–H and O–H groups in total. The molecule has 0 atom stereocenters. The predicted molar refractivity (Wildman–Crippen MR) is 88.4 cm³/mol. The summed E-state index contributed by atoms with van der Waals surface area (Å²) in [7, 11) is 0. The molecular formula is C18H18N2O2. The van der Waals surface area contributed by atoms with Gasteiger partial charge in [-0.15, -0.1) is 0 Å². The molecule has 0 spiro atoms. The second-order valence-electron chi connectivity index (χ2n) is 5.11. The quantitative estimate of drug-likeness (QED) is 0.592. The molecule has 0 fully saturated rings. The van der Waals surface area contributed by atoms with Gasteiger partial charge < -0.3 is 15.0 Å². The van der Waals surface area contributed by atoms with Gasteiger partial charge in [-0.25, -0.2) is 0 Å². The summed E-state index contributed by atoms with van der Waals surface area (Å²) in [5.74, 6) is -0.242. The third kappa shape index (κ3) is 2.68. The van der Waals surface area contributed by atoms with E-state index < -0.39 is 0 Å². The molecule has 0 aliphatic heterocycles. The summed E-state index contributed by atoms with van der Waals surface area (Å²) in [5.41, 5.74) is 9.59. The average Bonchev–Trinajstić information content (AvgIpc) is 2.86. The first-order valence-corrected chi connectivity index (χ1v) is 7.29. The number of rotatable bonds is 4. The van der Waals surface area contributed by atoms with Gasteiger partial charge in [0.1, 0.15) is 6.54 Å². The first kappa shape index (κ1) is 14.2. The van der Waals surface area contributed by atoms with E-state index in [-0.39, 0.29) is 12.5 Å². The van der Waals surface area contributed by atoms with E-state index in [1.807, 2.05) is 60.0 Å². The Hall–Kier alpha value is -2.75. The summed E-state index contributed by atoms with van der Waals surface area (Å²) in [6.45, 7) is 2.38.